The number of hydrogen-bond acceptors (Lipinski definition) is 3. The molecule has 1 N–H and O–H groups in total. The topological polar surface area (TPSA) is 66.5 Å². The van der Waals surface area contributed by atoms with Gasteiger partial charge in [0, 0.05) is 35.8 Å². The van der Waals surface area contributed by atoms with Gasteiger partial charge in [0.25, 0.3) is 0 Å². The van der Waals surface area contributed by atoms with E-state index in [2.05, 4.69) is 5.32 Å². The van der Waals surface area contributed by atoms with Crippen molar-refractivity contribution < 1.29 is 13.8 Å². The Labute approximate surface area is 146 Å². The molecule has 1 aromatic carbocycles. The number of nitrogens with zero attached hydrogens (tertiary/aromatic N) is 1. The van der Waals surface area contributed by atoms with E-state index in [4.69, 9.17) is 0 Å². The first-order valence-corrected chi connectivity index (χ1v) is 10.2. The molecule has 6 heteroatoms. The van der Waals surface area contributed by atoms with Crippen molar-refractivity contribution in [3.05, 3.63) is 35.9 Å². The standard InChI is InChI=1S/C18H26N2O3S/c1-24(23)14-16(15-9-5-4-6-10-15)19-17(21)13-20-12-8-3-2-7-11-18(20)22/h4-6,9-10,16H,2-3,7-8,11-14H2,1H3,(H,19,21)/t16-,24+/m1/s1. The fourth-order valence-corrected chi connectivity index (χ4v) is 3.68. The van der Waals surface area contributed by atoms with Crippen LogP contribution in [-0.4, -0.2) is 46.0 Å². The zero-order valence-corrected chi connectivity index (χ0v) is 15.0. The van der Waals surface area contributed by atoms with E-state index in [1.807, 2.05) is 30.3 Å². The Morgan fingerprint density at radius 1 is 1.21 bits per heavy atom. The van der Waals surface area contributed by atoms with Gasteiger partial charge in [0.05, 0.1) is 12.6 Å². The molecule has 132 valence electrons. The van der Waals surface area contributed by atoms with Crippen LogP contribution in [-0.2, 0) is 20.4 Å². The van der Waals surface area contributed by atoms with Gasteiger partial charge in [0.15, 0.2) is 0 Å². The van der Waals surface area contributed by atoms with Crippen LogP contribution in [0.1, 0.15) is 43.7 Å². The van der Waals surface area contributed by atoms with E-state index >= 15 is 0 Å². The molecule has 1 fully saturated rings. The highest BCUT2D eigenvalue weighted by Gasteiger charge is 2.21. The molecule has 1 aliphatic rings. The summed E-state index contributed by atoms with van der Waals surface area (Å²) in [5.41, 5.74) is 0.931. The number of hydrogen-bond donors (Lipinski definition) is 1. The number of likely N-dealkylation sites (tertiary alicyclic amines) is 1. The van der Waals surface area contributed by atoms with Crippen LogP contribution >= 0.6 is 0 Å². The maximum atomic E-state index is 12.4. The first kappa shape index (κ1) is 18.6. The SMILES string of the molecule is C[S@](=O)C[C@@H](NC(=O)CN1CCCCCCC1=O)c1ccccc1. The average Bonchev–Trinajstić information content (AvgIpc) is 2.54. The molecule has 0 aliphatic carbocycles. The smallest absolute Gasteiger partial charge is 0.240 e. The van der Waals surface area contributed by atoms with Crippen LogP contribution in [0, 0.1) is 0 Å². The molecular formula is C18H26N2O3S. The summed E-state index contributed by atoms with van der Waals surface area (Å²) in [7, 11) is -1.03. The lowest BCUT2D eigenvalue weighted by Crippen LogP contribution is -2.43. The Morgan fingerprint density at radius 3 is 2.62 bits per heavy atom. The van der Waals surface area contributed by atoms with Crippen molar-refractivity contribution in [1.82, 2.24) is 10.2 Å². The Balaban J connectivity index is 1.98. The van der Waals surface area contributed by atoms with Gasteiger partial charge in [0.2, 0.25) is 11.8 Å². The number of carbonyl (C=O) groups is 2. The maximum Gasteiger partial charge on any atom is 0.240 e. The van der Waals surface area contributed by atoms with Crippen molar-refractivity contribution in [1.29, 1.82) is 0 Å². The van der Waals surface area contributed by atoms with E-state index in [0.29, 0.717) is 18.7 Å². The van der Waals surface area contributed by atoms with Gasteiger partial charge in [0.1, 0.15) is 0 Å². The fraction of sp³-hybridized carbons (Fsp3) is 0.556. The number of nitrogens with one attached hydrogen (secondary N) is 1. The third kappa shape index (κ3) is 6.07. The summed E-state index contributed by atoms with van der Waals surface area (Å²) in [5.74, 6) is 0.229. The lowest BCUT2D eigenvalue weighted by atomic mass is 10.1. The van der Waals surface area contributed by atoms with Crippen molar-refractivity contribution in [2.24, 2.45) is 0 Å². The molecule has 0 bridgehead atoms. The molecule has 2 amide bonds. The lowest BCUT2D eigenvalue weighted by molar-refractivity contribution is -0.136. The molecule has 0 saturated carbocycles. The molecule has 0 spiro atoms. The van der Waals surface area contributed by atoms with Crippen molar-refractivity contribution in [3.8, 4) is 0 Å². The first-order chi connectivity index (χ1) is 11.6. The largest absolute Gasteiger partial charge is 0.347 e. The van der Waals surface area contributed by atoms with E-state index in [0.717, 1.165) is 31.2 Å². The summed E-state index contributed by atoms with van der Waals surface area (Å²) in [4.78, 5) is 26.2. The molecule has 1 heterocycles. The van der Waals surface area contributed by atoms with E-state index in [9.17, 15) is 13.8 Å². The number of carbonyl (C=O) groups excluding carboxylic acids is 2. The highest BCUT2D eigenvalue weighted by atomic mass is 32.2. The summed E-state index contributed by atoms with van der Waals surface area (Å²) < 4.78 is 11.6. The molecular weight excluding hydrogens is 324 g/mol. The van der Waals surface area contributed by atoms with Gasteiger partial charge in [-0.3, -0.25) is 13.8 Å². The quantitative estimate of drug-likeness (QED) is 0.853. The average molecular weight is 350 g/mol. The van der Waals surface area contributed by atoms with Gasteiger partial charge >= 0.3 is 0 Å². The van der Waals surface area contributed by atoms with Gasteiger partial charge in [-0.1, -0.05) is 43.2 Å². The Hall–Kier alpha value is -1.69. The first-order valence-electron chi connectivity index (χ1n) is 8.48. The molecule has 0 unspecified atom stereocenters. The van der Waals surface area contributed by atoms with Crippen LogP contribution in [0.15, 0.2) is 30.3 Å². The highest BCUT2D eigenvalue weighted by Crippen LogP contribution is 2.15. The maximum absolute atomic E-state index is 12.4. The minimum Gasteiger partial charge on any atom is -0.347 e. The number of benzene rings is 1. The van der Waals surface area contributed by atoms with Gasteiger partial charge in [-0.2, -0.15) is 0 Å². The molecule has 5 nitrogen and oxygen atoms in total. The predicted molar refractivity (Wildman–Crippen MR) is 95.9 cm³/mol. The van der Waals surface area contributed by atoms with Crippen molar-refractivity contribution in [2.75, 3.05) is 25.1 Å². The third-order valence-corrected chi connectivity index (χ3v) is 5.00. The lowest BCUT2D eigenvalue weighted by Gasteiger charge is -2.26. The summed E-state index contributed by atoms with van der Waals surface area (Å²) in [5, 5.41) is 2.94. The summed E-state index contributed by atoms with van der Waals surface area (Å²) in [6, 6.07) is 9.24. The van der Waals surface area contributed by atoms with Crippen LogP contribution in [0.4, 0.5) is 0 Å². The zero-order valence-electron chi connectivity index (χ0n) is 14.2. The van der Waals surface area contributed by atoms with Crippen molar-refractivity contribution in [3.63, 3.8) is 0 Å². The second-order valence-electron chi connectivity index (χ2n) is 6.25. The van der Waals surface area contributed by atoms with E-state index in [1.54, 1.807) is 11.2 Å². The second-order valence-corrected chi connectivity index (χ2v) is 7.73. The van der Waals surface area contributed by atoms with Gasteiger partial charge < -0.3 is 10.2 Å². The molecule has 2 rings (SSSR count). The van der Waals surface area contributed by atoms with Gasteiger partial charge in [-0.15, -0.1) is 0 Å². The molecule has 1 aliphatic heterocycles. The predicted octanol–water partition coefficient (Wildman–Crippen LogP) is 2.02. The van der Waals surface area contributed by atoms with Gasteiger partial charge in [-0.25, -0.2) is 0 Å². The molecule has 24 heavy (non-hydrogen) atoms. The number of rotatable bonds is 6. The zero-order chi connectivity index (χ0) is 17.4. The van der Waals surface area contributed by atoms with Crippen molar-refractivity contribution >= 4 is 22.6 Å². The molecule has 0 radical (unpaired) electrons. The van der Waals surface area contributed by atoms with Crippen molar-refractivity contribution in [2.45, 2.75) is 38.1 Å². The fourth-order valence-electron chi connectivity index (χ4n) is 2.94. The summed E-state index contributed by atoms with van der Waals surface area (Å²) in [6.07, 6.45) is 6.19. The van der Waals surface area contributed by atoms with Crippen LogP contribution in [0.5, 0.6) is 0 Å². The Bertz CT molecular complexity index is 577. The van der Waals surface area contributed by atoms with Crippen LogP contribution in [0.3, 0.4) is 0 Å². The van der Waals surface area contributed by atoms with Crippen LogP contribution in [0.2, 0.25) is 0 Å². The Kier molecular flexibility index (Phi) is 7.43. The normalized spacial score (nSPS) is 18.4. The van der Waals surface area contributed by atoms with Crippen LogP contribution in [0.25, 0.3) is 0 Å². The Morgan fingerprint density at radius 2 is 1.92 bits per heavy atom. The minimum absolute atomic E-state index is 0.0557. The summed E-state index contributed by atoms with van der Waals surface area (Å²) in [6.45, 7) is 0.723. The molecule has 1 aromatic rings. The second kappa shape index (κ2) is 9.57. The third-order valence-electron chi connectivity index (χ3n) is 4.19. The monoisotopic (exact) mass is 350 g/mol. The highest BCUT2D eigenvalue weighted by molar-refractivity contribution is 7.84. The molecule has 1 saturated heterocycles. The minimum atomic E-state index is -1.03. The van der Waals surface area contributed by atoms with E-state index in [-0.39, 0.29) is 24.4 Å². The van der Waals surface area contributed by atoms with E-state index in [1.165, 1.54) is 0 Å². The molecule has 2 atom stereocenters. The van der Waals surface area contributed by atoms with Crippen LogP contribution < -0.4 is 5.32 Å². The van der Waals surface area contributed by atoms with E-state index < -0.39 is 10.8 Å². The van der Waals surface area contributed by atoms with Gasteiger partial charge in [-0.05, 0) is 18.4 Å². The summed E-state index contributed by atoms with van der Waals surface area (Å²) >= 11 is 0. The molecule has 0 aromatic heterocycles. The number of amides is 2.